The second kappa shape index (κ2) is 11.9. The maximum atomic E-state index is 6.69. The van der Waals surface area contributed by atoms with Gasteiger partial charge in [0.15, 0.2) is 17.5 Å². The molecule has 0 saturated heterocycles. The highest BCUT2D eigenvalue weighted by molar-refractivity contribution is 6.16. The highest BCUT2D eigenvalue weighted by Gasteiger charge is 2.20. The molecular formula is C47H29N3O. The molecule has 4 nitrogen and oxygen atoms in total. The predicted molar refractivity (Wildman–Crippen MR) is 209 cm³/mol. The van der Waals surface area contributed by atoms with Crippen LogP contribution in [-0.2, 0) is 0 Å². The summed E-state index contributed by atoms with van der Waals surface area (Å²) in [6.45, 7) is 0. The summed E-state index contributed by atoms with van der Waals surface area (Å²) in [5, 5.41) is 6.84. The lowest BCUT2D eigenvalue weighted by atomic mass is 9.96. The third kappa shape index (κ3) is 5.04. The van der Waals surface area contributed by atoms with Crippen molar-refractivity contribution in [2.75, 3.05) is 0 Å². The zero-order chi connectivity index (χ0) is 33.7. The summed E-state index contributed by atoms with van der Waals surface area (Å²) in [6.07, 6.45) is 0. The van der Waals surface area contributed by atoms with Crippen LogP contribution >= 0.6 is 0 Å². The largest absolute Gasteiger partial charge is 0.455 e. The molecule has 0 saturated carbocycles. The van der Waals surface area contributed by atoms with Crippen LogP contribution in [0.1, 0.15) is 0 Å². The number of rotatable bonds is 5. The fourth-order valence-corrected chi connectivity index (χ4v) is 7.23. The second-order valence-corrected chi connectivity index (χ2v) is 12.8. The molecule has 0 atom stereocenters. The minimum absolute atomic E-state index is 0.598. The van der Waals surface area contributed by atoms with Crippen molar-refractivity contribution < 1.29 is 4.42 Å². The van der Waals surface area contributed by atoms with Gasteiger partial charge in [-0.15, -0.1) is 0 Å². The third-order valence-electron chi connectivity index (χ3n) is 9.74. The Kier molecular flexibility index (Phi) is 6.78. The Morgan fingerprint density at radius 1 is 0.333 bits per heavy atom. The quantitative estimate of drug-likeness (QED) is 0.186. The Hall–Kier alpha value is -6.91. The van der Waals surface area contributed by atoms with Crippen molar-refractivity contribution in [2.24, 2.45) is 0 Å². The highest BCUT2D eigenvalue weighted by Crippen LogP contribution is 2.42. The van der Waals surface area contributed by atoms with Gasteiger partial charge in [0.2, 0.25) is 0 Å². The lowest BCUT2D eigenvalue weighted by molar-refractivity contribution is 0.670. The van der Waals surface area contributed by atoms with Crippen LogP contribution in [0.4, 0.5) is 0 Å². The molecule has 2 aromatic heterocycles. The van der Waals surface area contributed by atoms with Gasteiger partial charge in [-0.05, 0) is 50.4 Å². The molecule has 2 heterocycles. The van der Waals surface area contributed by atoms with E-state index in [0.29, 0.717) is 17.5 Å². The maximum absolute atomic E-state index is 6.69. The molecule has 4 heteroatoms. The Balaban J connectivity index is 1.13. The van der Waals surface area contributed by atoms with Crippen molar-refractivity contribution >= 4 is 43.5 Å². The lowest BCUT2D eigenvalue weighted by Crippen LogP contribution is -2.00. The fourth-order valence-electron chi connectivity index (χ4n) is 7.23. The Morgan fingerprint density at radius 3 is 1.75 bits per heavy atom. The summed E-state index contributed by atoms with van der Waals surface area (Å²) in [5.74, 6) is 1.84. The van der Waals surface area contributed by atoms with Gasteiger partial charge in [-0.2, -0.15) is 0 Å². The number of hydrogen-bond acceptors (Lipinski definition) is 4. The van der Waals surface area contributed by atoms with Crippen molar-refractivity contribution in [3.05, 3.63) is 176 Å². The van der Waals surface area contributed by atoms with Gasteiger partial charge in [-0.25, -0.2) is 15.0 Å². The smallest absolute Gasteiger partial charge is 0.164 e. The standard InChI is InChI=1S/C47H29N3O/c1-2-13-33(14-3-1)45-48-46(34-26-23-31(24-27-34)36-28-25-30-11-4-5-15-35(30)29-36)50-47(49-45)41-21-10-22-42-43(41)40-20-9-19-39(44(40)51-42)38-18-8-16-32-12-6-7-17-37(32)38/h1-29H. The first kappa shape index (κ1) is 29.0. The van der Waals surface area contributed by atoms with Gasteiger partial charge >= 0.3 is 0 Å². The minimum atomic E-state index is 0.598. The van der Waals surface area contributed by atoms with E-state index in [-0.39, 0.29) is 0 Å². The van der Waals surface area contributed by atoms with E-state index in [4.69, 9.17) is 19.4 Å². The summed E-state index contributed by atoms with van der Waals surface area (Å²) in [4.78, 5) is 15.2. The first-order valence-electron chi connectivity index (χ1n) is 17.1. The van der Waals surface area contributed by atoms with E-state index < -0.39 is 0 Å². The first-order chi connectivity index (χ1) is 25.3. The second-order valence-electron chi connectivity index (χ2n) is 12.8. The molecule has 0 spiro atoms. The van der Waals surface area contributed by atoms with Crippen LogP contribution in [0.15, 0.2) is 180 Å². The normalized spacial score (nSPS) is 11.5. The Labute approximate surface area is 294 Å². The molecule has 0 aliphatic carbocycles. The molecule has 0 fully saturated rings. The van der Waals surface area contributed by atoms with E-state index in [9.17, 15) is 0 Å². The maximum Gasteiger partial charge on any atom is 0.164 e. The average molecular weight is 652 g/mol. The number of furan rings is 1. The van der Waals surface area contributed by atoms with E-state index in [2.05, 4.69) is 133 Å². The van der Waals surface area contributed by atoms with Crippen LogP contribution in [0.25, 0.3) is 99.9 Å². The highest BCUT2D eigenvalue weighted by atomic mass is 16.3. The molecule has 238 valence electrons. The van der Waals surface area contributed by atoms with Crippen LogP contribution in [0.5, 0.6) is 0 Å². The third-order valence-corrected chi connectivity index (χ3v) is 9.74. The summed E-state index contributed by atoms with van der Waals surface area (Å²) < 4.78 is 6.69. The van der Waals surface area contributed by atoms with Crippen molar-refractivity contribution in [3.8, 4) is 56.4 Å². The molecule has 8 aromatic carbocycles. The molecular weight excluding hydrogens is 623 g/mol. The monoisotopic (exact) mass is 651 g/mol. The van der Waals surface area contributed by atoms with Gasteiger partial charge in [-0.3, -0.25) is 0 Å². The lowest BCUT2D eigenvalue weighted by Gasteiger charge is -2.10. The molecule has 0 bridgehead atoms. The molecule has 10 rings (SSSR count). The minimum Gasteiger partial charge on any atom is -0.455 e. The molecule has 51 heavy (non-hydrogen) atoms. The molecule has 0 N–H and O–H groups in total. The molecule has 0 unspecified atom stereocenters. The molecule has 0 aliphatic rings. The zero-order valence-electron chi connectivity index (χ0n) is 27.5. The van der Waals surface area contributed by atoms with Crippen molar-refractivity contribution in [1.29, 1.82) is 0 Å². The first-order valence-corrected chi connectivity index (χ1v) is 17.1. The SMILES string of the molecule is c1ccc(-c2nc(-c3ccc(-c4ccc5ccccc5c4)cc3)nc(-c3cccc4oc5c(-c6cccc7ccccc67)cccc5c34)n2)cc1. The number of hydrogen-bond donors (Lipinski definition) is 0. The number of para-hydroxylation sites is 1. The Morgan fingerprint density at radius 2 is 0.902 bits per heavy atom. The van der Waals surface area contributed by atoms with Gasteiger partial charge in [-0.1, -0.05) is 164 Å². The van der Waals surface area contributed by atoms with E-state index in [1.165, 1.54) is 27.1 Å². The van der Waals surface area contributed by atoms with Crippen LogP contribution in [0, 0.1) is 0 Å². The number of benzene rings is 8. The summed E-state index contributed by atoms with van der Waals surface area (Å²) in [6, 6.07) is 61.0. The average Bonchev–Trinajstić information content (AvgIpc) is 3.60. The predicted octanol–water partition coefficient (Wildman–Crippen LogP) is 12.4. The van der Waals surface area contributed by atoms with Crippen molar-refractivity contribution in [3.63, 3.8) is 0 Å². The van der Waals surface area contributed by atoms with Gasteiger partial charge in [0.25, 0.3) is 0 Å². The van der Waals surface area contributed by atoms with E-state index in [1.807, 2.05) is 42.5 Å². The van der Waals surface area contributed by atoms with E-state index in [0.717, 1.165) is 55.3 Å². The summed E-state index contributed by atoms with van der Waals surface area (Å²) in [7, 11) is 0. The van der Waals surface area contributed by atoms with Gasteiger partial charge in [0.1, 0.15) is 11.2 Å². The van der Waals surface area contributed by atoms with Gasteiger partial charge < -0.3 is 4.42 Å². The molecule has 0 amide bonds. The molecule has 0 aliphatic heterocycles. The zero-order valence-corrected chi connectivity index (χ0v) is 27.5. The number of nitrogens with zero attached hydrogens (tertiary/aromatic N) is 3. The molecule has 0 radical (unpaired) electrons. The number of aromatic nitrogens is 3. The summed E-state index contributed by atoms with van der Waals surface area (Å²) in [5.41, 5.74) is 8.88. The van der Waals surface area contributed by atoms with Gasteiger partial charge in [0, 0.05) is 33.0 Å². The Bertz CT molecular complexity index is 2900. The fraction of sp³-hybridized carbons (Fsp3) is 0. The summed E-state index contributed by atoms with van der Waals surface area (Å²) >= 11 is 0. The van der Waals surface area contributed by atoms with E-state index >= 15 is 0 Å². The molecule has 10 aromatic rings. The van der Waals surface area contributed by atoms with Crippen LogP contribution in [-0.4, -0.2) is 15.0 Å². The van der Waals surface area contributed by atoms with E-state index in [1.54, 1.807) is 0 Å². The topological polar surface area (TPSA) is 51.8 Å². The van der Waals surface area contributed by atoms with Crippen molar-refractivity contribution in [2.45, 2.75) is 0 Å². The van der Waals surface area contributed by atoms with Crippen LogP contribution in [0.3, 0.4) is 0 Å². The van der Waals surface area contributed by atoms with Crippen LogP contribution < -0.4 is 0 Å². The van der Waals surface area contributed by atoms with Crippen LogP contribution in [0.2, 0.25) is 0 Å². The van der Waals surface area contributed by atoms with Gasteiger partial charge in [0.05, 0.1) is 0 Å². The van der Waals surface area contributed by atoms with Crippen molar-refractivity contribution in [1.82, 2.24) is 15.0 Å². The number of fused-ring (bicyclic) bond motifs is 5.